The number of hydrogen-bond donors (Lipinski definition) is 2. The lowest BCUT2D eigenvalue weighted by Crippen LogP contribution is -2.36. The van der Waals surface area contributed by atoms with Crippen LogP contribution in [0.5, 0.6) is 0 Å². The summed E-state index contributed by atoms with van der Waals surface area (Å²) in [6.45, 7) is 10.1. The highest BCUT2D eigenvalue weighted by Gasteiger charge is 2.19. The number of benzene rings is 1. The molecule has 1 aliphatic rings. The molecule has 2 rings (SSSR count). The van der Waals surface area contributed by atoms with E-state index in [2.05, 4.69) is 59.4 Å². The monoisotopic (exact) mass is 360 g/mol. The number of likely N-dealkylation sites (tertiary alicyclic amines) is 1. The first-order chi connectivity index (χ1) is 12.6. The fourth-order valence-electron chi connectivity index (χ4n) is 3.13. The molecule has 0 unspecified atom stereocenters. The van der Waals surface area contributed by atoms with Gasteiger partial charge in [-0.05, 0) is 37.2 Å². The van der Waals surface area contributed by atoms with Gasteiger partial charge in [0.15, 0.2) is 5.96 Å². The number of rotatable bonds is 10. The average Bonchev–Trinajstić information content (AvgIpc) is 2.63. The number of hydrogen-bond acceptors (Lipinski definition) is 3. The van der Waals surface area contributed by atoms with Gasteiger partial charge in [0.05, 0.1) is 6.10 Å². The summed E-state index contributed by atoms with van der Waals surface area (Å²) in [5.41, 5.74) is 7.25. The SMILES string of the molecule is CC(C)CCNC(N)=NCCCOC1CCN(Cc2ccccc2)CC1. The summed E-state index contributed by atoms with van der Waals surface area (Å²) in [4.78, 5) is 6.87. The minimum absolute atomic E-state index is 0.396. The molecule has 0 atom stereocenters. The molecule has 0 bridgehead atoms. The number of nitrogens with one attached hydrogen (secondary N) is 1. The molecular weight excluding hydrogens is 324 g/mol. The molecule has 0 radical (unpaired) electrons. The van der Waals surface area contributed by atoms with E-state index in [-0.39, 0.29) is 0 Å². The fraction of sp³-hybridized carbons (Fsp3) is 0.667. The van der Waals surface area contributed by atoms with Crippen molar-refractivity contribution in [2.24, 2.45) is 16.6 Å². The van der Waals surface area contributed by atoms with Crippen LogP contribution in [0.3, 0.4) is 0 Å². The summed E-state index contributed by atoms with van der Waals surface area (Å²) < 4.78 is 6.02. The van der Waals surface area contributed by atoms with E-state index < -0.39 is 0 Å². The maximum absolute atomic E-state index is 6.02. The Morgan fingerprint density at radius 1 is 1.27 bits per heavy atom. The van der Waals surface area contributed by atoms with Crippen molar-refractivity contribution in [1.29, 1.82) is 0 Å². The second-order valence-corrected chi connectivity index (χ2v) is 7.56. The minimum Gasteiger partial charge on any atom is -0.378 e. The summed E-state index contributed by atoms with van der Waals surface area (Å²) in [7, 11) is 0. The van der Waals surface area contributed by atoms with Gasteiger partial charge >= 0.3 is 0 Å². The zero-order chi connectivity index (χ0) is 18.6. The third kappa shape index (κ3) is 8.68. The first-order valence-electron chi connectivity index (χ1n) is 10.0. The zero-order valence-electron chi connectivity index (χ0n) is 16.5. The third-order valence-corrected chi connectivity index (χ3v) is 4.75. The number of guanidine groups is 1. The molecule has 1 aliphatic heterocycles. The number of ether oxygens (including phenoxy) is 1. The number of aliphatic imine (C=N–C) groups is 1. The van der Waals surface area contributed by atoms with Crippen molar-refractivity contribution in [3.8, 4) is 0 Å². The second-order valence-electron chi connectivity index (χ2n) is 7.56. The van der Waals surface area contributed by atoms with Crippen molar-refractivity contribution in [2.45, 2.75) is 52.2 Å². The standard InChI is InChI=1S/C21H36N4O/c1-18(2)9-13-24-21(22)23-12-6-16-26-20-10-14-25(15-11-20)17-19-7-4-3-5-8-19/h3-5,7-8,18,20H,6,9-17H2,1-2H3,(H3,22,23,24). The molecule has 3 N–H and O–H groups in total. The molecule has 1 aromatic rings. The van der Waals surface area contributed by atoms with E-state index in [0.717, 1.165) is 65.0 Å². The molecule has 1 fully saturated rings. The maximum Gasteiger partial charge on any atom is 0.188 e. The summed E-state index contributed by atoms with van der Waals surface area (Å²) in [6.07, 6.45) is 4.68. The Hall–Kier alpha value is -1.59. The van der Waals surface area contributed by atoms with Gasteiger partial charge in [-0.1, -0.05) is 44.2 Å². The second kappa shape index (κ2) is 11.9. The van der Waals surface area contributed by atoms with Gasteiger partial charge < -0.3 is 15.8 Å². The summed E-state index contributed by atoms with van der Waals surface area (Å²) in [5.74, 6) is 1.24. The van der Waals surface area contributed by atoms with Crippen LogP contribution in [0, 0.1) is 5.92 Å². The smallest absolute Gasteiger partial charge is 0.188 e. The van der Waals surface area contributed by atoms with Crippen molar-refractivity contribution in [2.75, 3.05) is 32.8 Å². The molecule has 1 aromatic carbocycles. The van der Waals surface area contributed by atoms with E-state index in [1.54, 1.807) is 0 Å². The topological polar surface area (TPSA) is 62.9 Å². The van der Waals surface area contributed by atoms with Crippen molar-refractivity contribution in [3.05, 3.63) is 35.9 Å². The molecule has 0 saturated carbocycles. The maximum atomic E-state index is 6.02. The molecule has 0 amide bonds. The Kier molecular flexibility index (Phi) is 9.50. The van der Waals surface area contributed by atoms with Crippen LogP contribution < -0.4 is 11.1 Å². The molecule has 0 aliphatic carbocycles. The minimum atomic E-state index is 0.396. The molecule has 0 spiro atoms. The van der Waals surface area contributed by atoms with E-state index in [9.17, 15) is 0 Å². The van der Waals surface area contributed by atoms with Gasteiger partial charge in [0, 0.05) is 39.3 Å². The Labute approximate surface area is 159 Å². The van der Waals surface area contributed by atoms with Crippen LogP contribution in [-0.2, 0) is 11.3 Å². The molecule has 26 heavy (non-hydrogen) atoms. The summed E-state index contributed by atoms with van der Waals surface area (Å²) >= 11 is 0. The first-order valence-corrected chi connectivity index (χ1v) is 10.0. The van der Waals surface area contributed by atoms with Gasteiger partial charge in [-0.25, -0.2) is 0 Å². The summed E-state index contributed by atoms with van der Waals surface area (Å²) in [5, 5.41) is 3.16. The number of nitrogens with zero attached hydrogens (tertiary/aromatic N) is 2. The van der Waals surface area contributed by atoms with Gasteiger partial charge in [0.25, 0.3) is 0 Å². The van der Waals surface area contributed by atoms with Crippen LogP contribution in [0.4, 0.5) is 0 Å². The van der Waals surface area contributed by atoms with Gasteiger partial charge in [-0.3, -0.25) is 9.89 Å². The normalized spacial score (nSPS) is 17.0. The van der Waals surface area contributed by atoms with Crippen LogP contribution in [-0.4, -0.2) is 49.7 Å². The fourth-order valence-corrected chi connectivity index (χ4v) is 3.13. The van der Waals surface area contributed by atoms with Gasteiger partial charge in [0.2, 0.25) is 0 Å². The highest BCUT2D eigenvalue weighted by molar-refractivity contribution is 5.77. The molecule has 0 aromatic heterocycles. The van der Waals surface area contributed by atoms with E-state index in [1.807, 2.05) is 0 Å². The van der Waals surface area contributed by atoms with Crippen molar-refractivity contribution in [1.82, 2.24) is 10.2 Å². The van der Waals surface area contributed by atoms with Crippen molar-refractivity contribution in [3.63, 3.8) is 0 Å². The predicted molar refractivity (Wildman–Crippen MR) is 109 cm³/mol. The highest BCUT2D eigenvalue weighted by atomic mass is 16.5. The molecule has 5 heteroatoms. The largest absolute Gasteiger partial charge is 0.378 e. The third-order valence-electron chi connectivity index (χ3n) is 4.75. The predicted octanol–water partition coefficient (Wildman–Crippen LogP) is 3.01. The first kappa shape index (κ1) is 20.7. The van der Waals surface area contributed by atoms with Gasteiger partial charge in [-0.2, -0.15) is 0 Å². The van der Waals surface area contributed by atoms with E-state index in [4.69, 9.17) is 10.5 Å². The van der Waals surface area contributed by atoms with E-state index >= 15 is 0 Å². The lowest BCUT2D eigenvalue weighted by molar-refractivity contribution is 0.00566. The van der Waals surface area contributed by atoms with Crippen molar-refractivity contribution >= 4 is 5.96 Å². The zero-order valence-corrected chi connectivity index (χ0v) is 16.5. The van der Waals surface area contributed by atoms with E-state index in [1.165, 1.54) is 5.56 Å². The highest BCUT2D eigenvalue weighted by Crippen LogP contribution is 2.16. The molecule has 146 valence electrons. The lowest BCUT2D eigenvalue weighted by atomic mass is 10.1. The van der Waals surface area contributed by atoms with Gasteiger partial charge in [-0.15, -0.1) is 0 Å². The van der Waals surface area contributed by atoms with Crippen LogP contribution in [0.25, 0.3) is 0 Å². The lowest BCUT2D eigenvalue weighted by Gasteiger charge is -2.31. The van der Waals surface area contributed by atoms with Crippen molar-refractivity contribution < 1.29 is 4.74 Å². The molecule has 1 saturated heterocycles. The summed E-state index contributed by atoms with van der Waals surface area (Å²) in [6, 6.07) is 10.7. The molecule has 5 nitrogen and oxygen atoms in total. The number of nitrogens with two attached hydrogens (primary N) is 1. The van der Waals surface area contributed by atoms with E-state index in [0.29, 0.717) is 18.0 Å². The van der Waals surface area contributed by atoms with Crippen LogP contribution in [0.15, 0.2) is 35.3 Å². The molecular formula is C21H36N4O. The Morgan fingerprint density at radius 3 is 2.69 bits per heavy atom. The van der Waals surface area contributed by atoms with Crippen LogP contribution in [0.2, 0.25) is 0 Å². The quantitative estimate of drug-likeness (QED) is 0.382. The molecule has 1 heterocycles. The average molecular weight is 361 g/mol. The van der Waals surface area contributed by atoms with Crippen LogP contribution >= 0.6 is 0 Å². The Balaban J connectivity index is 1.51. The Bertz CT molecular complexity index is 510. The number of piperidine rings is 1. The van der Waals surface area contributed by atoms with Gasteiger partial charge in [0.1, 0.15) is 0 Å². The Morgan fingerprint density at radius 2 is 2.00 bits per heavy atom. The van der Waals surface area contributed by atoms with Crippen LogP contribution in [0.1, 0.15) is 45.1 Å².